The van der Waals surface area contributed by atoms with Crippen LogP contribution in [0.2, 0.25) is 5.02 Å². The number of carbonyl (C=O) groups is 1. The zero-order chi connectivity index (χ0) is 22.6. The van der Waals surface area contributed by atoms with Crippen LogP contribution < -0.4 is 9.91 Å². The molecule has 1 atom stereocenters. The van der Waals surface area contributed by atoms with Crippen LogP contribution in [0.25, 0.3) is 16.3 Å². The molecule has 0 bridgehead atoms. The highest BCUT2D eigenvalue weighted by atomic mass is 35.5. The first kappa shape index (κ1) is 20.9. The van der Waals surface area contributed by atoms with Gasteiger partial charge in [0.05, 0.1) is 27.4 Å². The van der Waals surface area contributed by atoms with Crippen LogP contribution in [0.4, 0.5) is 10.8 Å². The van der Waals surface area contributed by atoms with Crippen molar-refractivity contribution in [2.24, 2.45) is 5.10 Å². The maximum Gasteiger partial charge on any atom is 0.241 e. The van der Waals surface area contributed by atoms with Gasteiger partial charge in [0.1, 0.15) is 0 Å². The number of amides is 1. The summed E-state index contributed by atoms with van der Waals surface area (Å²) in [5, 5.41) is 10.2. The molecule has 2 aliphatic rings. The second-order valence-corrected chi connectivity index (χ2v) is 11.2. The van der Waals surface area contributed by atoms with Gasteiger partial charge in [0, 0.05) is 15.5 Å². The van der Waals surface area contributed by atoms with E-state index in [1.165, 1.54) is 11.3 Å². The summed E-state index contributed by atoms with van der Waals surface area (Å²) >= 11 is 11.1. The third kappa shape index (κ3) is 3.32. The van der Waals surface area contributed by atoms with Crippen molar-refractivity contribution in [3.63, 3.8) is 0 Å². The van der Waals surface area contributed by atoms with Crippen LogP contribution in [0.15, 0.2) is 76.7 Å². The zero-order valence-corrected chi connectivity index (χ0v) is 20.6. The van der Waals surface area contributed by atoms with Gasteiger partial charge in [0.25, 0.3) is 0 Å². The molecule has 4 aromatic rings. The number of aromatic nitrogens is 1. The van der Waals surface area contributed by atoms with Gasteiger partial charge in [-0.2, -0.15) is 5.10 Å². The lowest BCUT2D eigenvalue weighted by Crippen LogP contribution is -2.54. The molecular formula is C24H17ClN4OS3. The van der Waals surface area contributed by atoms with Gasteiger partial charge in [0.2, 0.25) is 10.9 Å². The van der Waals surface area contributed by atoms with Crippen LogP contribution in [0, 0.1) is 0 Å². The molecule has 0 N–H and O–H groups in total. The second kappa shape index (κ2) is 7.99. The Hall–Kier alpha value is -2.65. The Morgan fingerprint density at radius 2 is 2.00 bits per heavy atom. The summed E-state index contributed by atoms with van der Waals surface area (Å²) in [6.07, 6.45) is 2.14. The molecule has 0 aliphatic carbocycles. The lowest BCUT2D eigenvalue weighted by molar-refractivity contribution is -0.116. The molecule has 9 heteroatoms. The number of para-hydroxylation sites is 1. The number of hydrogen-bond donors (Lipinski definition) is 0. The van der Waals surface area contributed by atoms with Gasteiger partial charge >= 0.3 is 0 Å². The molecule has 1 fully saturated rings. The molecule has 5 nitrogen and oxygen atoms in total. The Balaban J connectivity index is 1.59. The van der Waals surface area contributed by atoms with E-state index in [9.17, 15) is 4.79 Å². The summed E-state index contributed by atoms with van der Waals surface area (Å²) in [5.74, 6) is 0.338. The van der Waals surface area contributed by atoms with Crippen molar-refractivity contribution in [3.8, 4) is 0 Å². The lowest BCUT2D eigenvalue weighted by atomic mass is 10.1. The smallest absolute Gasteiger partial charge is 0.241 e. The van der Waals surface area contributed by atoms with Gasteiger partial charge in [0.15, 0.2) is 5.13 Å². The normalized spacial score (nSPS) is 21.7. The highest BCUT2D eigenvalue weighted by molar-refractivity contribution is 8.02. The molecule has 164 valence electrons. The first-order valence-corrected chi connectivity index (χ1v) is 13.3. The van der Waals surface area contributed by atoms with Crippen molar-refractivity contribution < 1.29 is 4.79 Å². The largest absolute Gasteiger partial charge is 0.273 e. The van der Waals surface area contributed by atoms with Gasteiger partial charge in [-0.3, -0.25) is 4.79 Å². The van der Waals surface area contributed by atoms with Gasteiger partial charge in [-0.25, -0.2) is 14.9 Å². The van der Waals surface area contributed by atoms with E-state index in [4.69, 9.17) is 21.7 Å². The number of thiazole rings is 1. The summed E-state index contributed by atoms with van der Waals surface area (Å²) in [4.78, 5) is 20.3. The fourth-order valence-electron chi connectivity index (χ4n) is 4.18. The van der Waals surface area contributed by atoms with Crippen LogP contribution >= 0.6 is 46.0 Å². The number of hydrogen-bond acceptors (Lipinski definition) is 7. The minimum Gasteiger partial charge on any atom is -0.273 e. The molecule has 33 heavy (non-hydrogen) atoms. The third-order valence-corrected chi connectivity index (χ3v) is 9.03. The predicted molar refractivity (Wildman–Crippen MR) is 142 cm³/mol. The van der Waals surface area contributed by atoms with E-state index in [1.807, 2.05) is 76.8 Å². The van der Waals surface area contributed by atoms with Crippen LogP contribution in [0.1, 0.15) is 11.8 Å². The Morgan fingerprint density at radius 1 is 1.12 bits per heavy atom. The lowest BCUT2D eigenvalue weighted by Gasteiger charge is -2.40. The van der Waals surface area contributed by atoms with Crippen LogP contribution in [-0.2, 0) is 4.79 Å². The highest BCUT2D eigenvalue weighted by Gasteiger charge is 2.59. The number of thiophene rings is 1. The van der Waals surface area contributed by atoms with Gasteiger partial charge in [-0.15, -0.1) is 11.3 Å². The van der Waals surface area contributed by atoms with E-state index in [0.717, 1.165) is 32.1 Å². The molecule has 1 unspecified atom stereocenters. The van der Waals surface area contributed by atoms with Crippen molar-refractivity contribution >= 4 is 84.8 Å². The van der Waals surface area contributed by atoms with E-state index in [1.54, 1.807) is 23.1 Å². The fourth-order valence-corrected chi connectivity index (χ4v) is 7.51. The Bertz CT molecular complexity index is 1410. The Kier molecular flexibility index (Phi) is 5.06. The van der Waals surface area contributed by atoms with Crippen molar-refractivity contribution in [1.29, 1.82) is 0 Å². The number of fused-ring (bicyclic) bond motifs is 1. The summed E-state index contributed by atoms with van der Waals surface area (Å²) in [6.45, 7) is 1.99. The minimum absolute atomic E-state index is 0.00747. The molecule has 2 aromatic carbocycles. The summed E-state index contributed by atoms with van der Waals surface area (Å²) < 4.78 is 1.04. The average Bonchev–Trinajstić information content (AvgIpc) is 3.57. The molecule has 1 spiro atoms. The first-order valence-electron chi connectivity index (χ1n) is 10.3. The number of hydrazone groups is 1. The van der Waals surface area contributed by atoms with Crippen molar-refractivity contribution in [2.75, 3.05) is 15.7 Å². The summed E-state index contributed by atoms with van der Waals surface area (Å²) in [5.41, 5.74) is 3.53. The molecule has 4 heterocycles. The quantitative estimate of drug-likeness (QED) is 0.308. The van der Waals surface area contributed by atoms with Crippen molar-refractivity contribution in [1.82, 2.24) is 4.98 Å². The van der Waals surface area contributed by atoms with E-state index >= 15 is 0 Å². The highest BCUT2D eigenvalue weighted by Crippen LogP contribution is 2.54. The second-order valence-electron chi connectivity index (χ2n) is 7.64. The zero-order valence-electron chi connectivity index (χ0n) is 17.4. The fraction of sp³-hybridized carbons (Fsp3) is 0.125. The number of nitrogens with zero attached hydrogens (tertiary/aromatic N) is 4. The number of carbonyl (C=O) groups excluding carboxylic acids is 1. The topological polar surface area (TPSA) is 48.8 Å². The van der Waals surface area contributed by atoms with Gasteiger partial charge in [-0.1, -0.05) is 59.0 Å². The number of benzene rings is 2. The minimum atomic E-state index is -0.885. The maximum atomic E-state index is 13.5. The molecule has 2 aliphatic heterocycles. The molecule has 0 saturated carbocycles. The molecule has 2 aromatic heterocycles. The van der Waals surface area contributed by atoms with Gasteiger partial charge in [-0.05, 0) is 54.8 Å². The predicted octanol–water partition coefficient (Wildman–Crippen LogP) is 6.72. The summed E-state index contributed by atoms with van der Waals surface area (Å²) in [7, 11) is 0. The van der Waals surface area contributed by atoms with Gasteiger partial charge < -0.3 is 0 Å². The van der Waals surface area contributed by atoms with Crippen LogP contribution in [0.5, 0.6) is 0 Å². The monoisotopic (exact) mass is 508 g/mol. The van der Waals surface area contributed by atoms with Crippen molar-refractivity contribution in [3.05, 3.63) is 81.5 Å². The Morgan fingerprint density at radius 3 is 2.79 bits per heavy atom. The molecule has 0 radical (unpaired) electrons. The van der Waals surface area contributed by atoms with E-state index in [-0.39, 0.29) is 5.91 Å². The van der Waals surface area contributed by atoms with Crippen molar-refractivity contribution in [2.45, 2.75) is 11.9 Å². The standard InChI is InChI=1S/C24H17ClN4OS3/c1-15-19(13-18-8-5-11-31-18)24(29(27-15)17-7-4-6-16(25)12-17)28(22(30)14-32-24)23-26-20-9-2-3-10-21(20)33-23/h2-13H,14H2,1H3/b19-13-. The summed E-state index contributed by atoms with van der Waals surface area (Å²) in [6, 6.07) is 19.7. The van der Waals surface area contributed by atoms with Crippen LogP contribution in [0.3, 0.4) is 0 Å². The van der Waals surface area contributed by atoms with E-state index < -0.39 is 4.99 Å². The number of thioether (sulfide) groups is 1. The van der Waals surface area contributed by atoms with Crippen LogP contribution in [-0.4, -0.2) is 27.4 Å². The number of rotatable bonds is 3. The average molecular weight is 509 g/mol. The third-order valence-electron chi connectivity index (χ3n) is 5.58. The molecular weight excluding hydrogens is 492 g/mol. The SMILES string of the molecule is CC1=NN(c2cccc(Cl)c2)C2(SCC(=O)N2c2nc3ccccc3s2)/C1=C\c1cccs1. The Labute approximate surface area is 208 Å². The molecule has 1 saturated heterocycles. The first-order chi connectivity index (χ1) is 16.1. The maximum absolute atomic E-state index is 13.5. The van der Waals surface area contributed by atoms with E-state index in [2.05, 4.69) is 12.1 Å². The molecule has 6 rings (SSSR count). The molecule has 1 amide bonds. The number of anilines is 2. The van der Waals surface area contributed by atoms with E-state index in [0.29, 0.717) is 15.9 Å². The number of halogens is 1.